The standard InChI is InChI=1S/C26H19N3O2/c1-31-26(30)22(17-27)16-23-18-29(24-10-6-3-7-11-24)28-25(23)21-14-12-20(13-15-21)19-8-4-2-5-9-19/h2-16,18H,1H3/b22-16+. The Morgan fingerprint density at radius 1 is 0.903 bits per heavy atom. The summed E-state index contributed by atoms with van der Waals surface area (Å²) in [5, 5.41) is 14.1. The molecule has 0 radical (unpaired) electrons. The monoisotopic (exact) mass is 405 g/mol. The molecule has 0 amide bonds. The molecule has 0 saturated carbocycles. The van der Waals surface area contributed by atoms with Gasteiger partial charge in [-0.05, 0) is 29.3 Å². The summed E-state index contributed by atoms with van der Waals surface area (Å²) >= 11 is 0. The van der Waals surface area contributed by atoms with Crippen molar-refractivity contribution in [1.82, 2.24) is 9.78 Å². The highest BCUT2D eigenvalue weighted by Crippen LogP contribution is 2.28. The molecule has 0 fully saturated rings. The SMILES string of the molecule is COC(=O)/C(C#N)=C/c1cn(-c2ccccc2)nc1-c1ccc(-c2ccccc2)cc1. The van der Waals surface area contributed by atoms with E-state index in [1.807, 2.05) is 78.9 Å². The lowest BCUT2D eigenvalue weighted by Crippen LogP contribution is -2.02. The van der Waals surface area contributed by atoms with Gasteiger partial charge in [0.25, 0.3) is 0 Å². The fourth-order valence-corrected chi connectivity index (χ4v) is 3.28. The summed E-state index contributed by atoms with van der Waals surface area (Å²) in [5.41, 5.74) is 5.21. The number of methoxy groups -OCH3 is 1. The second-order valence-corrected chi connectivity index (χ2v) is 6.82. The maximum absolute atomic E-state index is 11.9. The van der Waals surface area contributed by atoms with E-state index in [4.69, 9.17) is 9.84 Å². The van der Waals surface area contributed by atoms with Crippen LogP contribution in [-0.2, 0) is 9.53 Å². The lowest BCUT2D eigenvalue weighted by atomic mass is 10.0. The molecular weight excluding hydrogens is 386 g/mol. The molecule has 0 spiro atoms. The first-order valence-corrected chi connectivity index (χ1v) is 9.70. The minimum atomic E-state index is -0.680. The van der Waals surface area contributed by atoms with Crippen molar-refractivity contribution >= 4 is 12.0 Å². The Morgan fingerprint density at radius 2 is 1.48 bits per heavy atom. The smallest absolute Gasteiger partial charge is 0.348 e. The third-order valence-electron chi connectivity index (χ3n) is 4.85. The van der Waals surface area contributed by atoms with Crippen LogP contribution in [0.3, 0.4) is 0 Å². The van der Waals surface area contributed by atoms with Crippen LogP contribution in [0.25, 0.3) is 34.1 Å². The summed E-state index contributed by atoms with van der Waals surface area (Å²) in [6, 6.07) is 29.7. The largest absolute Gasteiger partial charge is 0.465 e. The van der Waals surface area contributed by atoms with Gasteiger partial charge in [0, 0.05) is 17.3 Å². The lowest BCUT2D eigenvalue weighted by molar-refractivity contribution is -0.135. The van der Waals surface area contributed by atoms with Crippen LogP contribution in [0.1, 0.15) is 5.56 Å². The van der Waals surface area contributed by atoms with Crippen molar-refractivity contribution in [2.45, 2.75) is 0 Å². The molecular formula is C26H19N3O2. The molecule has 0 bridgehead atoms. The van der Waals surface area contributed by atoms with E-state index in [2.05, 4.69) is 12.1 Å². The summed E-state index contributed by atoms with van der Waals surface area (Å²) < 4.78 is 6.45. The molecule has 0 saturated heterocycles. The van der Waals surface area contributed by atoms with E-state index in [1.54, 1.807) is 10.9 Å². The summed E-state index contributed by atoms with van der Waals surface area (Å²) in [5.74, 6) is -0.680. The van der Waals surface area contributed by atoms with Crippen LogP contribution in [0.2, 0.25) is 0 Å². The molecule has 0 aliphatic carbocycles. The molecule has 1 aromatic heterocycles. The van der Waals surface area contributed by atoms with Crippen LogP contribution in [0, 0.1) is 11.3 Å². The van der Waals surface area contributed by atoms with Crippen molar-refractivity contribution in [2.24, 2.45) is 0 Å². The summed E-state index contributed by atoms with van der Waals surface area (Å²) in [6.07, 6.45) is 3.31. The van der Waals surface area contributed by atoms with Crippen molar-refractivity contribution in [1.29, 1.82) is 5.26 Å². The Hall–Kier alpha value is -4.43. The third kappa shape index (κ3) is 4.29. The van der Waals surface area contributed by atoms with Crippen molar-refractivity contribution in [3.05, 3.63) is 102 Å². The van der Waals surface area contributed by atoms with Gasteiger partial charge in [-0.15, -0.1) is 0 Å². The van der Waals surface area contributed by atoms with Gasteiger partial charge in [-0.25, -0.2) is 9.48 Å². The molecule has 4 aromatic rings. The van der Waals surface area contributed by atoms with Crippen molar-refractivity contribution in [3.63, 3.8) is 0 Å². The zero-order valence-electron chi connectivity index (χ0n) is 16.9. The van der Waals surface area contributed by atoms with E-state index < -0.39 is 5.97 Å². The van der Waals surface area contributed by atoms with Gasteiger partial charge in [-0.2, -0.15) is 10.4 Å². The summed E-state index contributed by atoms with van der Waals surface area (Å²) in [6.45, 7) is 0. The molecule has 31 heavy (non-hydrogen) atoms. The van der Waals surface area contributed by atoms with E-state index in [9.17, 15) is 10.1 Å². The molecule has 0 atom stereocenters. The molecule has 0 unspecified atom stereocenters. The number of benzene rings is 3. The molecule has 3 aromatic carbocycles. The maximum Gasteiger partial charge on any atom is 0.348 e. The first-order chi connectivity index (χ1) is 15.2. The fraction of sp³-hybridized carbons (Fsp3) is 0.0385. The number of aromatic nitrogens is 2. The van der Waals surface area contributed by atoms with Gasteiger partial charge in [0.1, 0.15) is 11.6 Å². The van der Waals surface area contributed by atoms with Gasteiger partial charge in [0.05, 0.1) is 18.5 Å². The van der Waals surface area contributed by atoms with Crippen LogP contribution in [-0.4, -0.2) is 22.9 Å². The molecule has 4 rings (SSSR count). The number of nitrogens with zero attached hydrogens (tertiary/aromatic N) is 3. The molecule has 1 heterocycles. The summed E-state index contributed by atoms with van der Waals surface area (Å²) in [4.78, 5) is 11.9. The van der Waals surface area contributed by atoms with Crippen molar-refractivity contribution in [3.8, 4) is 34.1 Å². The number of nitriles is 1. The predicted molar refractivity (Wildman–Crippen MR) is 120 cm³/mol. The third-order valence-corrected chi connectivity index (χ3v) is 4.85. The van der Waals surface area contributed by atoms with Crippen molar-refractivity contribution in [2.75, 3.05) is 7.11 Å². The number of hydrogen-bond donors (Lipinski definition) is 0. The van der Waals surface area contributed by atoms with Gasteiger partial charge >= 0.3 is 5.97 Å². The fourth-order valence-electron chi connectivity index (χ4n) is 3.28. The van der Waals surface area contributed by atoms with Gasteiger partial charge in [0.2, 0.25) is 0 Å². The van der Waals surface area contributed by atoms with Crippen LogP contribution in [0.5, 0.6) is 0 Å². The number of carbonyl (C=O) groups excluding carboxylic acids is 1. The zero-order chi connectivity index (χ0) is 21.6. The average molecular weight is 405 g/mol. The molecule has 150 valence electrons. The number of rotatable bonds is 5. The highest BCUT2D eigenvalue weighted by atomic mass is 16.5. The maximum atomic E-state index is 11.9. The Labute approximate surface area is 180 Å². The van der Waals surface area contributed by atoms with Crippen molar-refractivity contribution < 1.29 is 9.53 Å². The number of esters is 1. The molecule has 0 N–H and O–H groups in total. The highest BCUT2D eigenvalue weighted by molar-refractivity contribution is 5.98. The first-order valence-electron chi connectivity index (χ1n) is 9.70. The Morgan fingerprint density at radius 3 is 2.10 bits per heavy atom. The van der Waals surface area contributed by atoms with Gasteiger partial charge in [-0.1, -0.05) is 72.8 Å². The second-order valence-electron chi connectivity index (χ2n) is 6.82. The Kier molecular flexibility index (Phi) is 5.72. The number of para-hydroxylation sites is 1. The summed E-state index contributed by atoms with van der Waals surface area (Å²) in [7, 11) is 1.25. The lowest BCUT2D eigenvalue weighted by Gasteiger charge is -2.04. The van der Waals surface area contributed by atoms with Gasteiger partial charge in [-0.3, -0.25) is 0 Å². The number of carbonyl (C=O) groups is 1. The predicted octanol–water partition coefficient (Wildman–Crippen LogP) is 5.29. The molecule has 5 nitrogen and oxygen atoms in total. The number of hydrogen-bond acceptors (Lipinski definition) is 4. The minimum Gasteiger partial charge on any atom is -0.465 e. The molecule has 0 aliphatic rings. The quantitative estimate of drug-likeness (QED) is 0.257. The zero-order valence-corrected chi connectivity index (χ0v) is 16.9. The number of ether oxygens (including phenoxy) is 1. The minimum absolute atomic E-state index is 0.0859. The van der Waals surface area contributed by atoms with Crippen LogP contribution < -0.4 is 0 Å². The van der Waals surface area contributed by atoms with Gasteiger partial charge in [0.15, 0.2) is 0 Å². The average Bonchev–Trinajstić information content (AvgIpc) is 3.27. The normalized spacial score (nSPS) is 11.0. The van der Waals surface area contributed by atoms with Crippen LogP contribution >= 0.6 is 0 Å². The van der Waals surface area contributed by atoms with Crippen LogP contribution in [0.4, 0.5) is 0 Å². The first kappa shape index (κ1) is 19.9. The second kappa shape index (κ2) is 8.93. The molecule has 5 heteroatoms. The Bertz CT molecular complexity index is 1270. The Balaban J connectivity index is 1.80. The van der Waals surface area contributed by atoms with E-state index >= 15 is 0 Å². The highest BCUT2D eigenvalue weighted by Gasteiger charge is 2.15. The topological polar surface area (TPSA) is 67.9 Å². The van der Waals surface area contributed by atoms with Crippen LogP contribution in [0.15, 0.2) is 96.7 Å². The van der Waals surface area contributed by atoms with E-state index in [1.165, 1.54) is 13.2 Å². The van der Waals surface area contributed by atoms with Gasteiger partial charge < -0.3 is 4.74 Å². The molecule has 0 aliphatic heterocycles. The van der Waals surface area contributed by atoms with E-state index in [0.717, 1.165) is 22.4 Å². The van der Waals surface area contributed by atoms with E-state index in [0.29, 0.717) is 11.3 Å². The van der Waals surface area contributed by atoms with E-state index in [-0.39, 0.29) is 5.57 Å².